The molecule has 0 aromatic heterocycles. The average Bonchev–Trinajstić information content (AvgIpc) is 2.82. The van der Waals surface area contributed by atoms with Gasteiger partial charge in [0.15, 0.2) is 0 Å². The molecule has 1 aromatic rings. The number of nitrogens with one attached hydrogen (secondary N) is 2. The Hall–Kier alpha value is -1.83. The Morgan fingerprint density at radius 3 is 2.60 bits per heavy atom. The number of rotatable bonds is 8. The van der Waals surface area contributed by atoms with Gasteiger partial charge >= 0.3 is 6.18 Å². The summed E-state index contributed by atoms with van der Waals surface area (Å²) >= 11 is 0. The van der Waals surface area contributed by atoms with Gasteiger partial charge in [-0.05, 0) is 51.3 Å². The number of hydrogen-bond donors (Lipinski definition) is 2. The maximum atomic E-state index is 13.6. The maximum Gasteiger partial charge on any atom is 0.416 e. The third kappa shape index (κ3) is 6.30. The molecule has 1 aromatic carbocycles. The molecule has 0 radical (unpaired) electrons. The topological polar surface area (TPSA) is 36.5 Å². The van der Waals surface area contributed by atoms with Crippen LogP contribution in [0.4, 0.5) is 18.9 Å². The lowest BCUT2D eigenvalue weighted by Gasteiger charge is -2.48. The molecule has 2 N–H and O–H groups in total. The zero-order valence-corrected chi connectivity index (χ0v) is 21.3. The number of halogens is 3. The Morgan fingerprint density at radius 2 is 1.94 bits per heavy atom. The number of benzene rings is 1. The highest BCUT2D eigenvalue weighted by molar-refractivity contribution is 5.58. The summed E-state index contributed by atoms with van der Waals surface area (Å²) in [7, 11) is 0. The van der Waals surface area contributed by atoms with Crippen LogP contribution >= 0.6 is 0 Å². The van der Waals surface area contributed by atoms with E-state index in [0.29, 0.717) is 23.6 Å². The largest absolute Gasteiger partial charge is 0.416 e. The van der Waals surface area contributed by atoms with Gasteiger partial charge in [-0.3, -0.25) is 4.90 Å². The monoisotopic (exact) mass is 491 g/mol. The Morgan fingerprint density at radius 1 is 1.14 bits per heavy atom. The summed E-state index contributed by atoms with van der Waals surface area (Å²) in [5.41, 5.74) is 0.818. The van der Waals surface area contributed by atoms with Crippen LogP contribution in [0.15, 0.2) is 42.5 Å². The van der Waals surface area contributed by atoms with Crippen LogP contribution in [0, 0.1) is 11.8 Å². The highest BCUT2D eigenvalue weighted by Crippen LogP contribution is 2.49. The predicted molar refractivity (Wildman–Crippen MR) is 135 cm³/mol. The smallest absolute Gasteiger partial charge is 0.381 e. The van der Waals surface area contributed by atoms with E-state index in [1.165, 1.54) is 12.1 Å². The molecule has 0 saturated carbocycles. The van der Waals surface area contributed by atoms with Crippen molar-refractivity contribution in [2.75, 3.05) is 25.0 Å². The van der Waals surface area contributed by atoms with E-state index in [9.17, 15) is 13.2 Å². The van der Waals surface area contributed by atoms with Crippen molar-refractivity contribution in [2.45, 2.75) is 83.5 Å². The van der Waals surface area contributed by atoms with Crippen molar-refractivity contribution >= 4 is 5.69 Å². The van der Waals surface area contributed by atoms with Crippen LogP contribution < -0.4 is 10.6 Å². The summed E-state index contributed by atoms with van der Waals surface area (Å²) in [5, 5.41) is 7.09. The van der Waals surface area contributed by atoms with Gasteiger partial charge in [-0.25, -0.2) is 0 Å². The van der Waals surface area contributed by atoms with Crippen molar-refractivity contribution in [3.63, 3.8) is 0 Å². The lowest BCUT2D eigenvalue weighted by Crippen LogP contribution is -2.50. The number of fused-ring (bicyclic) bond motifs is 3. The molecule has 4 nitrogen and oxygen atoms in total. The molecule has 194 valence electrons. The fraction of sp³-hybridized carbons (Fsp3) is 0.643. The zero-order valence-electron chi connectivity index (χ0n) is 21.3. The van der Waals surface area contributed by atoms with Gasteiger partial charge in [-0.2, -0.15) is 13.2 Å². The molecule has 4 rings (SSSR count). The van der Waals surface area contributed by atoms with E-state index in [0.717, 1.165) is 44.6 Å². The van der Waals surface area contributed by atoms with E-state index in [1.54, 1.807) is 6.07 Å². The van der Waals surface area contributed by atoms with Gasteiger partial charge in [0.2, 0.25) is 0 Å². The van der Waals surface area contributed by atoms with Gasteiger partial charge in [0.05, 0.1) is 17.8 Å². The summed E-state index contributed by atoms with van der Waals surface area (Å²) in [6.07, 6.45) is 6.60. The minimum absolute atomic E-state index is 0.000589. The fourth-order valence-corrected chi connectivity index (χ4v) is 5.71. The number of nitrogens with zero attached hydrogens (tertiary/aromatic N) is 1. The minimum Gasteiger partial charge on any atom is -0.381 e. The van der Waals surface area contributed by atoms with Crippen LogP contribution in [-0.4, -0.2) is 48.8 Å². The standard InChI is InChI=1S/C28H40F3N3O/c1-18(2)32-14-15-34(19(3)4)17-22-11-12-23-26(20-8-6-5-7-9-20)33-25-13-10-21(28(29,30)31)16-24(25)27(23)35-22/h5-8,10,13,16,18-20,22-23,26-27,32-33H,9,11-12,14-15,17H2,1-4H3/t20?,22-,23+,26+,27+/m1/s1. The molecule has 0 spiro atoms. The summed E-state index contributed by atoms with van der Waals surface area (Å²) < 4.78 is 47.4. The first kappa shape index (κ1) is 26.2. The molecule has 2 aliphatic heterocycles. The van der Waals surface area contributed by atoms with Gasteiger partial charge in [-0.15, -0.1) is 0 Å². The second-order valence-corrected chi connectivity index (χ2v) is 10.8. The molecule has 0 bridgehead atoms. The van der Waals surface area contributed by atoms with Crippen molar-refractivity contribution in [1.29, 1.82) is 0 Å². The zero-order chi connectivity index (χ0) is 25.2. The third-order valence-corrected chi connectivity index (χ3v) is 7.61. The predicted octanol–water partition coefficient (Wildman–Crippen LogP) is 6.18. The van der Waals surface area contributed by atoms with Crippen LogP contribution in [0.1, 0.15) is 64.2 Å². The van der Waals surface area contributed by atoms with E-state index < -0.39 is 11.7 Å². The Kier molecular flexibility index (Phi) is 8.29. The molecule has 0 amide bonds. The quantitative estimate of drug-likeness (QED) is 0.456. The Bertz CT molecular complexity index is 911. The van der Waals surface area contributed by atoms with E-state index in [2.05, 4.69) is 67.5 Å². The van der Waals surface area contributed by atoms with Gasteiger partial charge in [0, 0.05) is 60.8 Å². The van der Waals surface area contributed by atoms with E-state index in [-0.39, 0.29) is 24.2 Å². The van der Waals surface area contributed by atoms with E-state index in [1.807, 2.05) is 0 Å². The number of ether oxygens (including phenoxy) is 1. The van der Waals surface area contributed by atoms with Gasteiger partial charge in [-0.1, -0.05) is 38.2 Å². The van der Waals surface area contributed by atoms with Crippen molar-refractivity contribution in [1.82, 2.24) is 10.2 Å². The molecule has 1 saturated heterocycles. The first-order valence-electron chi connectivity index (χ1n) is 13.1. The van der Waals surface area contributed by atoms with Crippen molar-refractivity contribution < 1.29 is 17.9 Å². The third-order valence-electron chi connectivity index (χ3n) is 7.61. The first-order valence-corrected chi connectivity index (χ1v) is 13.1. The van der Waals surface area contributed by atoms with Crippen LogP contribution in [-0.2, 0) is 10.9 Å². The highest BCUT2D eigenvalue weighted by atomic mass is 19.4. The highest BCUT2D eigenvalue weighted by Gasteiger charge is 2.45. The van der Waals surface area contributed by atoms with Crippen LogP contribution in [0.3, 0.4) is 0 Å². The lowest BCUT2D eigenvalue weighted by atomic mass is 9.73. The molecule has 7 heteroatoms. The lowest BCUT2D eigenvalue weighted by molar-refractivity contribution is -0.138. The summed E-state index contributed by atoms with van der Waals surface area (Å²) in [6.45, 7) is 11.3. The van der Waals surface area contributed by atoms with Crippen molar-refractivity contribution in [3.8, 4) is 0 Å². The summed E-state index contributed by atoms with van der Waals surface area (Å²) in [4.78, 5) is 2.42. The number of anilines is 1. The fourth-order valence-electron chi connectivity index (χ4n) is 5.71. The second-order valence-electron chi connectivity index (χ2n) is 10.8. The molecular formula is C28H40F3N3O. The molecule has 3 aliphatic rings. The van der Waals surface area contributed by atoms with Crippen molar-refractivity contribution in [3.05, 3.63) is 53.6 Å². The Labute approximate surface area is 208 Å². The number of hydrogen-bond acceptors (Lipinski definition) is 4. The molecule has 1 aliphatic carbocycles. The summed E-state index contributed by atoms with van der Waals surface area (Å²) in [6, 6.07) is 5.03. The van der Waals surface area contributed by atoms with E-state index >= 15 is 0 Å². The van der Waals surface area contributed by atoms with Crippen LogP contribution in [0.2, 0.25) is 0 Å². The SMILES string of the molecule is CC(C)NCCN(C[C@H]1CC[C@@H]2[C@H](O1)c1cc(C(F)(F)F)ccc1N[C@H]2C1C=CC=CC1)C(C)C. The summed E-state index contributed by atoms with van der Waals surface area (Å²) in [5.74, 6) is 0.441. The molecule has 35 heavy (non-hydrogen) atoms. The Balaban J connectivity index is 1.56. The van der Waals surface area contributed by atoms with Gasteiger partial charge in [0.25, 0.3) is 0 Å². The van der Waals surface area contributed by atoms with Crippen LogP contribution in [0.5, 0.6) is 0 Å². The normalized spacial score (nSPS) is 28.3. The molecule has 2 heterocycles. The minimum atomic E-state index is -4.37. The number of alkyl halides is 3. The number of allylic oxidation sites excluding steroid dienone is 3. The molecule has 1 fully saturated rings. The molecule has 5 atom stereocenters. The molecular weight excluding hydrogens is 451 g/mol. The molecule has 1 unspecified atom stereocenters. The maximum absolute atomic E-state index is 13.6. The first-order chi connectivity index (χ1) is 16.6. The average molecular weight is 492 g/mol. The second kappa shape index (κ2) is 11.1. The van der Waals surface area contributed by atoms with Crippen molar-refractivity contribution in [2.24, 2.45) is 11.8 Å². The van der Waals surface area contributed by atoms with E-state index in [4.69, 9.17) is 4.74 Å². The van der Waals surface area contributed by atoms with Gasteiger partial charge < -0.3 is 15.4 Å². The van der Waals surface area contributed by atoms with Gasteiger partial charge in [0.1, 0.15) is 0 Å². The van der Waals surface area contributed by atoms with Crippen LogP contribution in [0.25, 0.3) is 0 Å².